The molecule has 0 radical (unpaired) electrons. The second kappa shape index (κ2) is 6.76. The molecule has 3 heteroatoms. The topological polar surface area (TPSA) is 41.5 Å². The van der Waals surface area contributed by atoms with Gasteiger partial charge in [-0.05, 0) is 37.1 Å². The Morgan fingerprint density at radius 1 is 1.33 bits per heavy atom. The maximum Gasteiger partial charge on any atom is 0.121 e. The molecular formula is C15H25NO2. The van der Waals surface area contributed by atoms with E-state index in [2.05, 4.69) is 38.2 Å². The van der Waals surface area contributed by atoms with Crippen LogP contribution in [0.4, 0.5) is 0 Å². The van der Waals surface area contributed by atoms with Crippen molar-refractivity contribution in [3.05, 3.63) is 29.3 Å². The molecule has 0 aliphatic heterocycles. The van der Waals surface area contributed by atoms with Gasteiger partial charge in [0.15, 0.2) is 0 Å². The summed E-state index contributed by atoms with van der Waals surface area (Å²) in [5.74, 6) is 0.938. The van der Waals surface area contributed by atoms with Gasteiger partial charge in [-0.25, -0.2) is 0 Å². The fourth-order valence-electron chi connectivity index (χ4n) is 1.81. The predicted molar refractivity (Wildman–Crippen MR) is 75.2 cm³/mol. The van der Waals surface area contributed by atoms with Gasteiger partial charge in [-0.3, -0.25) is 0 Å². The number of methoxy groups -OCH3 is 1. The van der Waals surface area contributed by atoms with E-state index in [0.717, 1.165) is 25.3 Å². The van der Waals surface area contributed by atoms with Crippen LogP contribution in [-0.2, 0) is 6.42 Å². The molecule has 0 saturated heterocycles. The molecule has 1 rings (SSSR count). The number of nitrogens with one attached hydrogen (secondary N) is 1. The Balaban J connectivity index is 2.38. The van der Waals surface area contributed by atoms with E-state index in [4.69, 9.17) is 9.84 Å². The molecule has 18 heavy (non-hydrogen) atoms. The highest BCUT2D eigenvalue weighted by Gasteiger charge is 2.15. The van der Waals surface area contributed by atoms with Gasteiger partial charge in [-0.15, -0.1) is 0 Å². The first-order chi connectivity index (χ1) is 8.48. The van der Waals surface area contributed by atoms with Crippen LogP contribution in [0, 0.1) is 12.3 Å². The lowest BCUT2D eigenvalue weighted by Gasteiger charge is -2.21. The fraction of sp³-hybridized carbons (Fsp3) is 0.600. The molecule has 0 heterocycles. The number of aryl methyl sites for hydroxylation is 1. The maximum atomic E-state index is 9.15. The van der Waals surface area contributed by atoms with Crippen molar-refractivity contribution in [1.82, 2.24) is 5.32 Å². The molecule has 0 amide bonds. The normalized spacial score (nSPS) is 11.6. The van der Waals surface area contributed by atoms with Gasteiger partial charge in [0.05, 0.1) is 7.11 Å². The molecule has 1 aromatic rings. The number of aliphatic hydroxyl groups excluding tert-OH is 1. The highest BCUT2D eigenvalue weighted by Crippen LogP contribution is 2.18. The maximum absolute atomic E-state index is 9.15. The van der Waals surface area contributed by atoms with Crippen LogP contribution in [-0.4, -0.2) is 31.9 Å². The molecule has 0 fully saturated rings. The summed E-state index contributed by atoms with van der Waals surface area (Å²) < 4.78 is 5.24. The average molecular weight is 251 g/mol. The molecule has 3 nitrogen and oxygen atoms in total. The number of hydrogen-bond acceptors (Lipinski definition) is 3. The van der Waals surface area contributed by atoms with Crippen molar-refractivity contribution in [2.75, 3.05) is 26.8 Å². The molecule has 0 aliphatic carbocycles. The molecular weight excluding hydrogens is 226 g/mol. The van der Waals surface area contributed by atoms with E-state index in [9.17, 15) is 0 Å². The van der Waals surface area contributed by atoms with Gasteiger partial charge >= 0.3 is 0 Å². The lowest BCUT2D eigenvalue weighted by molar-refractivity contribution is 0.157. The van der Waals surface area contributed by atoms with Crippen molar-refractivity contribution < 1.29 is 9.84 Å². The Morgan fingerprint density at radius 3 is 2.61 bits per heavy atom. The number of hydrogen-bond donors (Lipinski definition) is 2. The van der Waals surface area contributed by atoms with Crippen LogP contribution in [0.3, 0.4) is 0 Å². The Bertz CT molecular complexity index is 375. The summed E-state index contributed by atoms with van der Waals surface area (Å²) in [4.78, 5) is 0. The molecule has 0 spiro atoms. The van der Waals surface area contributed by atoms with E-state index >= 15 is 0 Å². The zero-order chi connectivity index (χ0) is 13.6. The van der Waals surface area contributed by atoms with Gasteiger partial charge < -0.3 is 15.2 Å². The van der Waals surface area contributed by atoms with E-state index in [1.54, 1.807) is 7.11 Å². The molecule has 1 aromatic carbocycles. The summed E-state index contributed by atoms with van der Waals surface area (Å²) in [5.41, 5.74) is 2.43. The molecule has 0 saturated carbocycles. The van der Waals surface area contributed by atoms with Gasteiger partial charge in [0.25, 0.3) is 0 Å². The van der Waals surface area contributed by atoms with Gasteiger partial charge in [0.1, 0.15) is 5.75 Å². The Morgan fingerprint density at radius 2 is 2.06 bits per heavy atom. The van der Waals surface area contributed by atoms with Crippen molar-refractivity contribution in [2.24, 2.45) is 5.41 Å². The zero-order valence-corrected chi connectivity index (χ0v) is 11.9. The summed E-state index contributed by atoms with van der Waals surface area (Å²) in [7, 11) is 1.69. The van der Waals surface area contributed by atoms with Crippen molar-refractivity contribution in [3.8, 4) is 5.75 Å². The van der Waals surface area contributed by atoms with Crippen LogP contribution >= 0.6 is 0 Å². The van der Waals surface area contributed by atoms with Gasteiger partial charge in [-0.1, -0.05) is 26.0 Å². The third-order valence-electron chi connectivity index (χ3n) is 3.08. The standard InChI is InChI=1S/C15H25NO2/c1-12-9-13(5-6-14(12)18-4)7-8-16-10-15(2,3)11-17/h5-6,9,16-17H,7-8,10-11H2,1-4H3. The third-order valence-corrected chi connectivity index (χ3v) is 3.08. The van der Waals surface area contributed by atoms with E-state index < -0.39 is 0 Å². The second-order valence-electron chi connectivity index (χ2n) is 5.55. The van der Waals surface area contributed by atoms with E-state index in [1.165, 1.54) is 11.1 Å². The number of ether oxygens (including phenoxy) is 1. The quantitative estimate of drug-likeness (QED) is 0.730. The fourth-order valence-corrected chi connectivity index (χ4v) is 1.81. The largest absolute Gasteiger partial charge is 0.496 e. The van der Waals surface area contributed by atoms with Crippen molar-refractivity contribution in [2.45, 2.75) is 27.2 Å². The van der Waals surface area contributed by atoms with Crippen LogP contribution in [0.25, 0.3) is 0 Å². The van der Waals surface area contributed by atoms with E-state index in [-0.39, 0.29) is 12.0 Å². The number of benzene rings is 1. The van der Waals surface area contributed by atoms with Gasteiger partial charge in [0.2, 0.25) is 0 Å². The molecule has 0 aromatic heterocycles. The summed E-state index contributed by atoms with van der Waals surface area (Å²) in [6.07, 6.45) is 0.992. The third kappa shape index (κ3) is 4.67. The Kier molecular flexibility index (Phi) is 5.63. The first-order valence-electron chi connectivity index (χ1n) is 6.43. The molecule has 2 N–H and O–H groups in total. The summed E-state index contributed by atoms with van der Waals surface area (Å²) in [6, 6.07) is 6.28. The van der Waals surface area contributed by atoms with Crippen LogP contribution in [0.1, 0.15) is 25.0 Å². The minimum Gasteiger partial charge on any atom is -0.496 e. The highest BCUT2D eigenvalue weighted by atomic mass is 16.5. The minimum absolute atomic E-state index is 0.0458. The average Bonchev–Trinajstić information content (AvgIpc) is 2.35. The number of aliphatic hydroxyl groups is 1. The van der Waals surface area contributed by atoms with Crippen LogP contribution in [0.15, 0.2) is 18.2 Å². The Labute approximate surface area is 110 Å². The van der Waals surface area contributed by atoms with Gasteiger partial charge in [-0.2, -0.15) is 0 Å². The van der Waals surface area contributed by atoms with E-state index in [1.807, 2.05) is 6.07 Å². The van der Waals surface area contributed by atoms with Crippen molar-refractivity contribution >= 4 is 0 Å². The zero-order valence-electron chi connectivity index (χ0n) is 11.9. The lowest BCUT2D eigenvalue weighted by Crippen LogP contribution is -2.33. The molecule has 0 unspecified atom stereocenters. The smallest absolute Gasteiger partial charge is 0.121 e. The Hall–Kier alpha value is -1.06. The van der Waals surface area contributed by atoms with Crippen molar-refractivity contribution in [3.63, 3.8) is 0 Å². The van der Waals surface area contributed by atoms with Gasteiger partial charge in [0, 0.05) is 18.6 Å². The molecule has 0 atom stereocenters. The molecule has 102 valence electrons. The monoisotopic (exact) mass is 251 g/mol. The number of rotatable bonds is 7. The molecule has 0 bridgehead atoms. The SMILES string of the molecule is COc1ccc(CCNCC(C)(C)CO)cc1C. The summed E-state index contributed by atoms with van der Waals surface area (Å²) in [6.45, 7) is 8.13. The van der Waals surface area contributed by atoms with Crippen LogP contribution in [0.2, 0.25) is 0 Å². The highest BCUT2D eigenvalue weighted by molar-refractivity contribution is 5.36. The second-order valence-corrected chi connectivity index (χ2v) is 5.55. The lowest BCUT2D eigenvalue weighted by atomic mass is 9.95. The summed E-state index contributed by atoms with van der Waals surface area (Å²) >= 11 is 0. The van der Waals surface area contributed by atoms with Crippen LogP contribution < -0.4 is 10.1 Å². The first-order valence-corrected chi connectivity index (χ1v) is 6.43. The van der Waals surface area contributed by atoms with Crippen molar-refractivity contribution in [1.29, 1.82) is 0 Å². The first kappa shape index (κ1) is 15.0. The molecule has 0 aliphatic rings. The van der Waals surface area contributed by atoms with Crippen LogP contribution in [0.5, 0.6) is 5.75 Å². The summed E-state index contributed by atoms with van der Waals surface area (Å²) in [5, 5.41) is 12.5. The predicted octanol–water partition coefficient (Wildman–Crippen LogP) is 2.15. The minimum atomic E-state index is -0.0458. The van der Waals surface area contributed by atoms with E-state index in [0.29, 0.717) is 0 Å².